The molecule has 3 rings (SSSR count). The average molecular weight is 487 g/mol. The van der Waals surface area contributed by atoms with E-state index >= 15 is 0 Å². The first kappa shape index (κ1) is 29.6. The Bertz CT molecular complexity index is 571. The van der Waals surface area contributed by atoms with Crippen LogP contribution in [0.15, 0.2) is 33.9 Å². The molecule has 0 bridgehead atoms. The van der Waals surface area contributed by atoms with Gasteiger partial charge in [-0.25, -0.2) is 23.3 Å². The zero-order valence-corrected chi connectivity index (χ0v) is 22.0. The number of halogens is 2. The van der Waals surface area contributed by atoms with Crippen LogP contribution in [0.1, 0.15) is 92.9 Å². The van der Waals surface area contributed by atoms with E-state index < -0.39 is 0 Å². The molecular weight excluding hydrogens is 450 g/mol. The minimum atomic E-state index is 0. The third-order valence-electron chi connectivity index (χ3n) is 6.17. The van der Waals surface area contributed by atoms with Gasteiger partial charge in [0.05, 0.1) is 0 Å². The first-order chi connectivity index (χ1) is 11.3. The third kappa shape index (κ3) is 8.36. The summed E-state index contributed by atoms with van der Waals surface area (Å²) in [5.74, 6) is 0.849. The minimum absolute atomic E-state index is 0. The monoisotopic (exact) mass is 484 g/mol. The smallest absolute Gasteiger partial charge is 1.00 e. The molecule has 3 aliphatic carbocycles. The van der Waals surface area contributed by atoms with Crippen LogP contribution in [0.4, 0.5) is 0 Å². The molecule has 0 aromatic carbocycles. The van der Waals surface area contributed by atoms with Gasteiger partial charge in [-0.15, -0.1) is 6.92 Å². The molecule has 0 N–H and O–H groups in total. The molecule has 0 amide bonds. The summed E-state index contributed by atoms with van der Waals surface area (Å²) in [5, 5.41) is 0. The summed E-state index contributed by atoms with van der Waals surface area (Å²) in [6.45, 7) is 13.2. The fourth-order valence-electron chi connectivity index (χ4n) is 4.04. The first-order valence-electron chi connectivity index (χ1n) is 9.97. The van der Waals surface area contributed by atoms with Crippen molar-refractivity contribution in [2.75, 3.05) is 0 Å². The molecule has 0 saturated heterocycles. The zero-order chi connectivity index (χ0) is 17.7. The minimum Gasteiger partial charge on any atom is -1.00 e. The van der Waals surface area contributed by atoms with Crippen molar-refractivity contribution < 1.29 is 51.0 Å². The van der Waals surface area contributed by atoms with Crippen LogP contribution in [0.2, 0.25) is 0 Å². The van der Waals surface area contributed by atoms with E-state index in [1.165, 1.54) is 73.7 Å². The second kappa shape index (κ2) is 13.6. The molecule has 0 radical (unpaired) electrons. The summed E-state index contributed by atoms with van der Waals surface area (Å²) < 4.78 is 0. The van der Waals surface area contributed by atoms with E-state index in [9.17, 15) is 0 Å². The van der Waals surface area contributed by atoms with Crippen molar-refractivity contribution in [1.82, 2.24) is 0 Å². The maximum Gasteiger partial charge on any atom is 4.00 e. The Hall–Kier alpha value is 0.423. The van der Waals surface area contributed by atoms with Crippen LogP contribution >= 0.6 is 0 Å². The predicted molar refractivity (Wildman–Crippen MR) is 106 cm³/mol. The van der Waals surface area contributed by atoms with Gasteiger partial charge in [0.1, 0.15) is 0 Å². The normalized spacial score (nSPS) is 21.3. The Morgan fingerprint density at radius 3 is 1.89 bits per heavy atom. The SMILES string of the molecule is CC1=[C-]C(C)(C)C(C)=C1C.CCC1=[C-]C(C2CCCCCC2)=CC1.[Cl-].[Cl-].[Zr+4]. The molecule has 0 atom stereocenters. The fourth-order valence-corrected chi connectivity index (χ4v) is 4.04. The maximum absolute atomic E-state index is 3.62. The molecule has 1 saturated carbocycles. The molecule has 0 heterocycles. The Morgan fingerprint density at radius 1 is 1.00 bits per heavy atom. The predicted octanol–water partition coefficient (Wildman–Crippen LogP) is 1.54. The van der Waals surface area contributed by atoms with E-state index in [1.54, 1.807) is 5.57 Å². The van der Waals surface area contributed by atoms with Crippen molar-refractivity contribution in [1.29, 1.82) is 0 Å². The largest absolute Gasteiger partial charge is 4.00 e. The van der Waals surface area contributed by atoms with Gasteiger partial charge in [0.25, 0.3) is 0 Å². The van der Waals surface area contributed by atoms with E-state index in [0.29, 0.717) is 0 Å². The van der Waals surface area contributed by atoms with Gasteiger partial charge in [-0.1, -0.05) is 78.6 Å². The topological polar surface area (TPSA) is 0 Å². The molecule has 3 aliphatic rings. The molecule has 3 heteroatoms. The maximum atomic E-state index is 3.62. The Kier molecular flexibility index (Phi) is 14.9. The summed E-state index contributed by atoms with van der Waals surface area (Å²) in [7, 11) is 0. The van der Waals surface area contributed by atoms with Crippen LogP contribution in [0, 0.1) is 23.5 Å². The van der Waals surface area contributed by atoms with Gasteiger partial charge in [-0.3, -0.25) is 6.08 Å². The summed E-state index contributed by atoms with van der Waals surface area (Å²) in [6, 6.07) is 0. The van der Waals surface area contributed by atoms with Crippen LogP contribution in [0.5, 0.6) is 0 Å². The van der Waals surface area contributed by atoms with E-state index in [-0.39, 0.29) is 56.4 Å². The fraction of sp³-hybridized carbons (Fsp3) is 0.667. The number of rotatable bonds is 2. The van der Waals surface area contributed by atoms with Crippen LogP contribution in [0.3, 0.4) is 0 Å². The standard InChI is InChI=1S/C14H21.C10H15.2ClH.Zr/c1-2-12-9-10-14(11-12)13-7-5-3-4-6-8-13;1-7-6-10(4,5)9(3)8(7)2;;;/h10,13H,2-9H2,1H3;1-5H3;2*1H;/q2*-1;;;+4/p-2. The van der Waals surface area contributed by atoms with Crippen molar-refractivity contribution in [3.8, 4) is 0 Å². The third-order valence-corrected chi connectivity index (χ3v) is 6.17. The van der Waals surface area contributed by atoms with Gasteiger partial charge in [-0.2, -0.15) is 16.7 Å². The molecule has 27 heavy (non-hydrogen) atoms. The van der Waals surface area contributed by atoms with E-state index in [2.05, 4.69) is 59.8 Å². The zero-order valence-electron chi connectivity index (χ0n) is 18.1. The van der Waals surface area contributed by atoms with Gasteiger partial charge in [0, 0.05) is 0 Å². The summed E-state index contributed by atoms with van der Waals surface area (Å²) >= 11 is 0. The van der Waals surface area contributed by atoms with Crippen molar-refractivity contribution >= 4 is 0 Å². The van der Waals surface area contributed by atoms with Gasteiger partial charge in [0.15, 0.2) is 0 Å². The second-order valence-corrected chi connectivity index (χ2v) is 8.26. The van der Waals surface area contributed by atoms with Crippen molar-refractivity contribution in [3.05, 3.63) is 46.1 Å². The number of hydrogen-bond donors (Lipinski definition) is 0. The van der Waals surface area contributed by atoms with Gasteiger partial charge in [0.2, 0.25) is 0 Å². The van der Waals surface area contributed by atoms with Gasteiger partial charge in [-0.05, 0) is 18.8 Å². The second-order valence-electron chi connectivity index (χ2n) is 8.26. The first-order valence-corrected chi connectivity index (χ1v) is 9.97. The molecule has 0 spiro atoms. The molecule has 0 unspecified atom stereocenters. The van der Waals surface area contributed by atoms with E-state index in [4.69, 9.17) is 0 Å². The van der Waals surface area contributed by atoms with Gasteiger partial charge >= 0.3 is 26.2 Å². The summed E-state index contributed by atoms with van der Waals surface area (Å²) in [4.78, 5) is 0. The Balaban J connectivity index is 0. The molecular formula is C24H36Cl2Zr. The number of hydrogen-bond acceptors (Lipinski definition) is 0. The summed E-state index contributed by atoms with van der Waals surface area (Å²) in [6.07, 6.45) is 20.4. The van der Waals surface area contributed by atoms with E-state index in [0.717, 1.165) is 5.92 Å². The average Bonchev–Trinajstić information content (AvgIpc) is 2.95. The van der Waals surface area contributed by atoms with Crippen LogP contribution in [-0.2, 0) is 26.2 Å². The van der Waals surface area contributed by atoms with Gasteiger partial charge < -0.3 is 24.8 Å². The quantitative estimate of drug-likeness (QED) is 0.411. The van der Waals surface area contributed by atoms with Crippen molar-refractivity contribution in [3.63, 3.8) is 0 Å². The van der Waals surface area contributed by atoms with Crippen LogP contribution in [-0.4, -0.2) is 0 Å². The van der Waals surface area contributed by atoms with Crippen molar-refractivity contribution in [2.24, 2.45) is 11.3 Å². The molecule has 0 aliphatic heterocycles. The Labute approximate surface area is 200 Å². The molecule has 0 aromatic heterocycles. The van der Waals surface area contributed by atoms with Crippen LogP contribution in [0.25, 0.3) is 0 Å². The molecule has 0 nitrogen and oxygen atoms in total. The van der Waals surface area contributed by atoms with Crippen LogP contribution < -0.4 is 24.8 Å². The molecule has 0 aromatic rings. The molecule has 1 fully saturated rings. The summed E-state index contributed by atoms with van der Waals surface area (Å²) in [5.41, 5.74) is 7.46. The van der Waals surface area contributed by atoms with Crippen molar-refractivity contribution in [2.45, 2.75) is 92.9 Å². The molecule has 150 valence electrons. The Morgan fingerprint density at radius 2 is 1.56 bits per heavy atom. The number of allylic oxidation sites excluding steroid dienone is 8. The van der Waals surface area contributed by atoms with E-state index in [1.807, 2.05) is 0 Å².